The van der Waals surface area contributed by atoms with Gasteiger partial charge in [-0.05, 0) is 29.8 Å². The fourth-order valence-electron chi connectivity index (χ4n) is 3.24. The summed E-state index contributed by atoms with van der Waals surface area (Å²) in [4.78, 5) is 19.1. The van der Waals surface area contributed by atoms with E-state index >= 15 is 0 Å². The van der Waals surface area contributed by atoms with Gasteiger partial charge in [-0.3, -0.25) is 9.69 Å². The second-order valence-corrected chi connectivity index (χ2v) is 7.01. The monoisotopic (exact) mass is 408 g/mol. The smallest absolute Gasteiger partial charge is 0.251 e. The lowest BCUT2D eigenvalue weighted by Crippen LogP contribution is -2.35. The van der Waals surface area contributed by atoms with Crippen molar-refractivity contribution in [1.82, 2.24) is 20.4 Å². The van der Waals surface area contributed by atoms with E-state index in [9.17, 15) is 4.79 Å². The molecule has 0 atom stereocenters. The summed E-state index contributed by atoms with van der Waals surface area (Å²) < 4.78 is 15.8. The van der Waals surface area contributed by atoms with Gasteiger partial charge in [0.25, 0.3) is 5.91 Å². The standard InChI is InChI=1S/C22H24N4O4/c1-28-19-4-2-3-18(13-19)21-24-20(30-25-21)14-23-22(27)17-7-5-16(6-8-17)15-26-9-11-29-12-10-26/h2-8,13H,9-12,14-15H2,1H3,(H,23,27). The van der Waals surface area contributed by atoms with Gasteiger partial charge in [0.2, 0.25) is 11.7 Å². The molecule has 0 aliphatic carbocycles. The first kappa shape index (κ1) is 20.1. The lowest BCUT2D eigenvalue weighted by Gasteiger charge is -2.26. The number of nitrogens with zero attached hydrogens (tertiary/aromatic N) is 3. The molecule has 3 aromatic rings. The van der Waals surface area contributed by atoms with Crippen LogP contribution in [0.1, 0.15) is 21.8 Å². The average molecular weight is 408 g/mol. The molecule has 1 aromatic heterocycles. The Morgan fingerprint density at radius 3 is 2.73 bits per heavy atom. The molecular weight excluding hydrogens is 384 g/mol. The van der Waals surface area contributed by atoms with Crippen LogP contribution in [0.5, 0.6) is 5.75 Å². The first-order valence-electron chi connectivity index (χ1n) is 9.85. The van der Waals surface area contributed by atoms with Crippen molar-refractivity contribution >= 4 is 5.91 Å². The number of methoxy groups -OCH3 is 1. The van der Waals surface area contributed by atoms with Crippen LogP contribution in [0.4, 0.5) is 0 Å². The maximum absolute atomic E-state index is 12.4. The summed E-state index contributed by atoms with van der Waals surface area (Å²) in [5.74, 6) is 1.31. The molecule has 0 radical (unpaired) electrons. The molecule has 8 heteroatoms. The van der Waals surface area contributed by atoms with Gasteiger partial charge in [0.05, 0.1) is 26.9 Å². The third-order valence-corrected chi connectivity index (χ3v) is 4.92. The number of carbonyl (C=O) groups excluding carboxylic acids is 1. The second kappa shape index (κ2) is 9.51. The second-order valence-electron chi connectivity index (χ2n) is 7.01. The summed E-state index contributed by atoms with van der Waals surface area (Å²) in [6.45, 7) is 4.44. The van der Waals surface area contributed by atoms with Crippen LogP contribution in [0.15, 0.2) is 53.1 Å². The first-order chi connectivity index (χ1) is 14.7. The van der Waals surface area contributed by atoms with E-state index in [1.807, 2.05) is 48.5 Å². The predicted molar refractivity (Wildman–Crippen MR) is 110 cm³/mol. The lowest BCUT2D eigenvalue weighted by atomic mass is 10.1. The van der Waals surface area contributed by atoms with E-state index in [1.54, 1.807) is 7.11 Å². The minimum Gasteiger partial charge on any atom is -0.497 e. The highest BCUT2D eigenvalue weighted by Crippen LogP contribution is 2.21. The largest absolute Gasteiger partial charge is 0.497 e. The SMILES string of the molecule is COc1cccc(-c2noc(CNC(=O)c3ccc(CN4CCOCC4)cc3)n2)c1. The van der Waals surface area contributed by atoms with Crippen LogP contribution >= 0.6 is 0 Å². The Hall–Kier alpha value is -3.23. The zero-order valence-corrected chi connectivity index (χ0v) is 16.8. The molecule has 1 aliphatic rings. The van der Waals surface area contributed by atoms with Crippen LogP contribution in [-0.4, -0.2) is 54.4 Å². The molecule has 0 spiro atoms. The molecule has 0 saturated carbocycles. The van der Waals surface area contributed by atoms with Gasteiger partial charge in [0.1, 0.15) is 5.75 Å². The van der Waals surface area contributed by atoms with Gasteiger partial charge >= 0.3 is 0 Å². The van der Waals surface area contributed by atoms with Crippen LogP contribution < -0.4 is 10.1 Å². The highest BCUT2D eigenvalue weighted by Gasteiger charge is 2.13. The Morgan fingerprint density at radius 2 is 1.97 bits per heavy atom. The minimum absolute atomic E-state index is 0.158. The van der Waals surface area contributed by atoms with Crippen LogP contribution in [0, 0.1) is 0 Å². The number of nitrogens with one attached hydrogen (secondary N) is 1. The topological polar surface area (TPSA) is 89.7 Å². The summed E-state index contributed by atoms with van der Waals surface area (Å²) in [6.07, 6.45) is 0. The lowest BCUT2D eigenvalue weighted by molar-refractivity contribution is 0.0342. The van der Waals surface area contributed by atoms with E-state index in [4.69, 9.17) is 14.0 Å². The Balaban J connectivity index is 1.31. The normalized spacial score (nSPS) is 14.4. The number of ether oxygens (including phenoxy) is 2. The summed E-state index contributed by atoms with van der Waals surface area (Å²) in [7, 11) is 1.60. The average Bonchev–Trinajstić information content (AvgIpc) is 3.28. The molecule has 30 heavy (non-hydrogen) atoms. The highest BCUT2D eigenvalue weighted by atomic mass is 16.5. The number of amides is 1. The van der Waals surface area contributed by atoms with Crippen molar-refractivity contribution in [2.24, 2.45) is 0 Å². The summed E-state index contributed by atoms with van der Waals surface area (Å²) in [6, 6.07) is 15.0. The van der Waals surface area contributed by atoms with Gasteiger partial charge in [-0.25, -0.2) is 0 Å². The van der Waals surface area contributed by atoms with Crippen molar-refractivity contribution in [3.8, 4) is 17.1 Å². The molecule has 2 heterocycles. The summed E-state index contributed by atoms with van der Waals surface area (Å²) in [5.41, 5.74) is 2.55. The number of carbonyl (C=O) groups is 1. The van der Waals surface area contributed by atoms with Crippen molar-refractivity contribution in [3.63, 3.8) is 0 Å². The molecule has 1 aliphatic heterocycles. The fourth-order valence-corrected chi connectivity index (χ4v) is 3.24. The number of benzene rings is 2. The minimum atomic E-state index is -0.186. The predicted octanol–water partition coefficient (Wildman–Crippen LogP) is 2.51. The van der Waals surface area contributed by atoms with Gasteiger partial charge in [0, 0.05) is 30.8 Å². The zero-order valence-electron chi connectivity index (χ0n) is 16.8. The molecule has 0 unspecified atom stereocenters. The molecular formula is C22H24N4O4. The first-order valence-corrected chi connectivity index (χ1v) is 9.85. The quantitative estimate of drug-likeness (QED) is 0.642. The van der Waals surface area contributed by atoms with Crippen molar-refractivity contribution in [2.45, 2.75) is 13.1 Å². The maximum Gasteiger partial charge on any atom is 0.251 e. The van der Waals surface area contributed by atoms with E-state index in [2.05, 4.69) is 20.4 Å². The van der Waals surface area contributed by atoms with Crippen molar-refractivity contribution in [1.29, 1.82) is 0 Å². The van der Waals surface area contributed by atoms with Crippen molar-refractivity contribution in [2.75, 3.05) is 33.4 Å². The van der Waals surface area contributed by atoms with E-state index < -0.39 is 0 Å². The van der Waals surface area contributed by atoms with Gasteiger partial charge in [-0.1, -0.05) is 29.4 Å². The third kappa shape index (κ3) is 5.03. The number of hydrogen-bond acceptors (Lipinski definition) is 7. The summed E-state index contributed by atoms with van der Waals surface area (Å²) in [5, 5.41) is 6.79. The summed E-state index contributed by atoms with van der Waals surface area (Å²) >= 11 is 0. The van der Waals surface area contributed by atoms with Crippen molar-refractivity contribution < 1.29 is 18.8 Å². The molecule has 0 bridgehead atoms. The highest BCUT2D eigenvalue weighted by molar-refractivity contribution is 5.94. The number of morpholine rings is 1. The number of rotatable bonds is 7. The van der Waals surface area contributed by atoms with E-state index in [0.717, 1.165) is 38.4 Å². The molecule has 8 nitrogen and oxygen atoms in total. The van der Waals surface area contributed by atoms with E-state index in [-0.39, 0.29) is 12.5 Å². The van der Waals surface area contributed by atoms with Crippen LogP contribution in [0.3, 0.4) is 0 Å². The Labute approximate surface area is 174 Å². The van der Waals surface area contributed by atoms with Crippen LogP contribution in [-0.2, 0) is 17.8 Å². The van der Waals surface area contributed by atoms with Gasteiger partial charge in [0.15, 0.2) is 0 Å². The Bertz CT molecular complexity index is 981. The van der Waals surface area contributed by atoms with Crippen molar-refractivity contribution in [3.05, 3.63) is 65.5 Å². The zero-order chi connectivity index (χ0) is 20.8. The fraction of sp³-hybridized carbons (Fsp3) is 0.318. The Morgan fingerprint density at radius 1 is 1.17 bits per heavy atom. The third-order valence-electron chi connectivity index (χ3n) is 4.92. The van der Waals surface area contributed by atoms with Crippen LogP contribution in [0.25, 0.3) is 11.4 Å². The number of aromatic nitrogens is 2. The van der Waals surface area contributed by atoms with E-state index in [0.29, 0.717) is 23.0 Å². The van der Waals surface area contributed by atoms with E-state index in [1.165, 1.54) is 5.56 Å². The van der Waals surface area contributed by atoms with Gasteiger partial charge < -0.3 is 19.3 Å². The number of hydrogen-bond donors (Lipinski definition) is 1. The molecule has 1 N–H and O–H groups in total. The molecule has 4 rings (SSSR count). The maximum atomic E-state index is 12.4. The molecule has 1 fully saturated rings. The van der Waals surface area contributed by atoms with Crippen LogP contribution in [0.2, 0.25) is 0 Å². The molecule has 1 amide bonds. The molecule has 2 aromatic carbocycles. The molecule has 156 valence electrons. The van der Waals surface area contributed by atoms with Gasteiger partial charge in [-0.2, -0.15) is 4.98 Å². The van der Waals surface area contributed by atoms with Gasteiger partial charge in [-0.15, -0.1) is 0 Å². The molecule has 1 saturated heterocycles. The Kier molecular flexibility index (Phi) is 6.36.